The van der Waals surface area contributed by atoms with Crippen LogP contribution in [0.4, 0.5) is 5.13 Å². The number of thiazole rings is 1. The molecule has 1 aliphatic heterocycles. The Bertz CT molecular complexity index is 586. The maximum absolute atomic E-state index is 12.1. The van der Waals surface area contributed by atoms with Crippen LogP contribution in [-0.2, 0) is 4.79 Å². The quantitative estimate of drug-likeness (QED) is 0.872. The molecular weight excluding hydrogens is 280 g/mol. The molecule has 0 spiro atoms. The lowest BCUT2D eigenvalue weighted by atomic mass is 10.2. The van der Waals surface area contributed by atoms with Crippen molar-refractivity contribution in [3.8, 4) is 5.75 Å². The fourth-order valence-electron chi connectivity index (χ4n) is 2.07. The summed E-state index contributed by atoms with van der Waals surface area (Å²) >= 11 is 3.08. The Balaban J connectivity index is 2.02. The highest BCUT2D eigenvalue weighted by Gasteiger charge is 2.36. The fraction of sp³-hybridized carbons (Fsp3) is 0.231. The van der Waals surface area contributed by atoms with Crippen LogP contribution >= 0.6 is 23.1 Å². The van der Waals surface area contributed by atoms with Crippen LogP contribution in [0.2, 0.25) is 0 Å². The van der Waals surface area contributed by atoms with Crippen LogP contribution in [0.15, 0.2) is 35.8 Å². The second-order valence-corrected chi connectivity index (χ2v) is 5.93. The molecule has 2 heterocycles. The normalized spacial score (nSPS) is 18.9. The number of nitrogens with zero attached hydrogens (tertiary/aromatic N) is 2. The van der Waals surface area contributed by atoms with Gasteiger partial charge in [0.25, 0.3) is 0 Å². The Kier molecular flexibility index (Phi) is 3.44. The summed E-state index contributed by atoms with van der Waals surface area (Å²) in [6.07, 6.45) is 1.72. The fourth-order valence-corrected chi connectivity index (χ4v) is 4.00. The van der Waals surface area contributed by atoms with Crippen molar-refractivity contribution in [2.75, 3.05) is 17.8 Å². The van der Waals surface area contributed by atoms with Gasteiger partial charge in [0.2, 0.25) is 5.91 Å². The van der Waals surface area contributed by atoms with Crippen LogP contribution in [0, 0.1) is 0 Å². The summed E-state index contributed by atoms with van der Waals surface area (Å²) in [5, 5.41) is 2.56. The zero-order valence-corrected chi connectivity index (χ0v) is 11.9. The SMILES string of the molecule is COc1ccccc1[C@@H]1SCC(=O)N1c1nccs1. The van der Waals surface area contributed by atoms with Crippen LogP contribution in [0.5, 0.6) is 5.75 Å². The minimum absolute atomic E-state index is 0.0604. The van der Waals surface area contributed by atoms with Gasteiger partial charge in [0, 0.05) is 17.1 Å². The smallest absolute Gasteiger partial charge is 0.240 e. The number of amides is 1. The second kappa shape index (κ2) is 5.22. The zero-order chi connectivity index (χ0) is 13.2. The summed E-state index contributed by atoms with van der Waals surface area (Å²) in [6.45, 7) is 0. The predicted molar refractivity (Wildman–Crippen MR) is 77.8 cm³/mol. The van der Waals surface area contributed by atoms with Crippen molar-refractivity contribution in [2.45, 2.75) is 5.37 Å². The van der Waals surface area contributed by atoms with E-state index in [1.807, 2.05) is 29.6 Å². The number of carbonyl (C=O) groups is 1. The Morgan fingerprint density at radius 3 is 3.00 bits per heavy atom. The molecule has 0 saturated carbocycles. The highest BCUT2D eigenvalue weighted by molar-refractivity contribution is 8.00. The average molecular weight is 292 g/mol. The molecule has 0 N–H and O–H groups in total. The second-order valence-electron chi connectivity index (χ2n) is 3.98. The third-order valence-corrected chi connectivity index (χ3v) is 4.86. The van der Waals surface area contributed by atoms with Crippen molar-refractivity contribution in [2.24, 2.45) is 0 Å². The molecule has 0 bridgehead atoms. The number of benzene rings is 1. The van der Waals surface area contributed by atoms with E-state index in [4.69, 9.17) is 4.74 Å². The number of methoxy groups -OCH3 is 1. The monoisotopic (exact) mass is 292 g/mol. The highest BCUT2D eigenvalue weighted by atomic mass is 32.2. The van der Waals surface area contributed by atoms with Gasteiger partial charge in [-0.05, 0) is 6.07 Å². The molecule has 2 aromatic rings. The minimum Gasteiger partial charge on any atom is -0.496 e. The standard InChI is InChI=1S/C13H12N2O2S2/c1-17-10-5-3-2-4-9(10)12-15(11(16)8-19-12)13-14-6-7-18-13/h2-7,12H,8H2,1H3/t12-/m0/s1. The molecule has 0 radical (unpaired) electrons. The Hall–Kier alpha value is -1.53. The first-order valence-electron chi connectivity index (χ1n) is 5.77. The maximum atomic E-state index is 12.1. The highest BCUT2D eigenvalue weighted by Crippen LogP contribution is 2.45. The number of anilines is 1. The Morgan fingerprint density at radius 1 is 1.42 bits per heavy atom. The molecule has 1 fully saturated rings. The van der Waals surface area contributed by atoms with Crippen molar-refractivity contribution in [3.05, 3.63) is 41.4 Å². The van der Waals surface area contributed by atoms with Crippen LogP contribution in [0.25, 0.3) is 0 Å². The summed E-state index contributed by atoms with van der Waals surface area (Å²) in [6, 6.07) is 7.80. The topological polar surface area (TPSA) is 42.4 Å². The molecule has 0 aliphatic carbocycles. The summed E-state index contributed by atoms with van der Waals surface area (Å²) in [5.74, 6) is 1.37. The first kappa shape index (κ1) is 12.5. The predicted octanol–water partition coefficient (Wildman–Crippen LogP) is 2.93. The number of ether oxygens (including phenoxy) is 1. The summed E-state index contributed by atoms with van der Waals surface area (Å²) in [4.78, 5) is 18.1. The number of thioether (sulfide) groups is 1. The van der Waals surface area contributed by atoms with E-state index in [2.05, 4.69) is 4.98 Å². The van der Waals surface area contributed by atoms with Gasteiger partial charge in [-0.1, -0.05) is 18.2 Å². The number of para-hydroxylation sites is 1. The van der Waals surface area contributed by atoms with E-state index >= 15 is 0 Å². The van der Waals surface area contributed by atoms with Gasteiger partial charge in [-0.25, -0.2) is 4.98 Å². The molecule has 0 unspecified atom stereocenters. The van der Waals surface area contributed by atoms with Gasteiger partial charge in [0.1, 0.15) is 11.1 Å². The van der Waals surface area contributed by atoms with Gasteiger partial charge >= 0.3 is 0 Å². The molecule has 1 aromatic heterocycles. The lowest BCUT2D eigenvalue weighted by molar-refractivity contribution is -0.115. The zero-order valence-electron chi connectivity index (χ0n) is 10.3. The van der Waals surface area contributed by atoms with E-state index in [1.54, 1.807) is 30.0 Å². The van der Waals surface area contributed by atoms with Gasteiger partial charge in [-0.3, -0.25) is 9.69 Å². The third kappa shape index (κ3) is 2.21. The van der Waals surface area contributed by atoms with Gasteiger partial charge < -0.3 is 4.74 Å². The van der Waals surface area contributed by atoms with Crippen LogP contribution in [0.3, 0.4) is 0 Å². The lowest BCUT2D eigenvalue weighted by Crippen LogP contribution is -2.27. The molecule has 1 aliphatic rings. The van der Waals surface area contributed by atoms with Gasteiger partial charge in [-0.15, -0.1) is 23.1 Å². The summed E-state index contributed by atoms with van der Waals surface area (Å²) in [5.41, 5.74) is 1.01. The molecule has 3 rings (SSSR count). The first-order chi connectivity index (χ1) is 9.31. The Morgan fingerprint density at radius 2 is 2.26 bits per heavy atom. The van der Waals surface area contributed by atoms with E-state index in [9.17, 15) is 4.79 Å². The molecule has 1 amide bonds. The molecule has 1 atom stereocenters. The van der Waals surface area contributed by atoms with Gasteiger partial charge in [0.05, 0.1) is 12.9 Å². The van der Waals surface area contributed by atoms with E-state index in [0.717, 1.165) is 16.4 Å². The van der Waals surface area contributed by atoms with Crippen LogP contribution in [0.1, 0.15) is 10.9 Å². The molecule has 1 aromatic carbocycles. The summed E-state index contributed by atoms with van der Waals surface area (Å²) < 4.78 is 5.39. The van der Waals surface area contributed by atoms with Gasteiger partial charge in [0.15, 0.2) is 5.13 Å². The van der Waals surface area contributed by atoms with Gasteiger partial charge in [-0.2, -0.15) is 0 Å². The molecule has 6 heteroatoms. The maximum Gasteiger partial charge on any atom is 0.240 e. The molecule has 4 nitrogen and oxygen atoms in total. The number of hydrogen-bond donors (Lipinski definition) is 0. The van der Waals surface area contributed by atoms with E-state index in [0.29, 0.717) is 5.75 Å². The third-order valence-electron chi connectivity index (χ3n) is 2.90. The summed E-state index contributed by atoms with van der Waals surface area (Å²) in [7, 11) is 1.65. The van der Waals surface area contributed by atoms with Crippen molar-refractivity contribution >= 4 is 34.1 Å². The largest absolute Gasteiger partial charge is 0.496 e. The van der Waals surface area contributed by atoms with E-state index in [-0.39, 0.29) is 11.3 Å². The van der Waals surface area contributed by atoms with Crippen LogP contribution in [-0.4, -0.2) is 23.8 Å². The molecular formula is C13H12N2O2S2. The van der Waals surface area contributed by atoms with E-state index in [1.165, 1.54) is 11.3 Å². The minimum atomic E-state index is -0.0604. The van der Waals surface area contributed by atoms with Crippen molar-refractivity contribution in [1.29, 1.82) is 0 Å². The number of aromatic nitrogens is 1. The van der Waals surface area contributed by atoms with Crippen molar-refractivity contribution in [1.82, 2.24) is 4.98 Å². The van der Waals surface area contributed by atoms with Crippen molar-refractivity contribution < 1.29 is 9.53 Å². The molecule has 1 saturated heterocycles. The Labute approximate surface area is 119 Å². The molecule has 19 heavy (non-hydrogen) atoms. The van der Waals surface area contributed by atoms with Crippen molar-refractivity contribution in [3.63, 3.8) is 0 Å². The van der Waals surface area contributed by atoms with E-state index < -0.39 is 0 Å². The first-order valence-corrected chi connectivity index (χ1v) is 7.70. The average Bonchev–Trinajstić information content (AvgIpc) is 3.07. The van der Waals surface area contributed by atoms with Crippen LogP contribution < -0.4 is 9.64 Å². The number of carbonyl (C=O) groups excluding carboxylic acids is 1. The molecule has 98 valence electrons. The number of rotatable bonds is 3. The number of hydrogen-bond acceptors (Lipinski definition) is 5. The lowest BCUT2D eigenvalue weighted by Gasteiger charge is -2.22.